The van der Waals surface area contributed by atoms with Crippen molar-refractivity contribution >= 4 is 52.0 Å². The molecule has 0 radical (unpaired) electrons. The molecule has 3 aromatic rings. The van der Waals surface area contributed by atoms with Crippen LogP contribution in [0.4, 0.5) is 34.5 Å². The monoisotopic (exact) mass is 552 g/mol. The molecule has 10 nitrogen and oxygen atoms in total. The van der Waals surface area contributed by atoms with E-state index in [0.29, 0.717) is 60.2 Å². The van der Waals surface area contributed by atoms with Gasteiger partial charge in [0.05, 0.1) is 50.7 Å². The molecule has 2 aromatic carbocycles. The van der Waals surface area contributed by atoms with Gasteiger partial charge >= 0.3 is 0 Å². The fourth-order valence-corrected chi connectivity index (χ4v) is 5.18. The van der Waals surface area contributed by atoms with Crippen LogP contribution in [-0.2, 0) is 16.0 Å². The number of methoxy groups -OCH3 is 2. The number of carbonyl (C=O) groups excluding carboxylic acids is 1. The van der Waals surface area contributed by atoms with E-state index in [0.717, 1.165) is 48.6 Å². The zero-order chi connectivity index (χ0) is 27.4. The summed E-state index contributed by atoms with van der Waals surface area (Å²) in [5.41, 5.74) is 4.38. The summed E-state index contributed by atoms with van der Waals surface area (Å²) in [6, 6.07) is 9.81. The normalized spacial score (nSPS) is 15.4. The largest absolute Gasteiger partial charge is 0.494 e. The van der Waals surface area contributed by atoms with Gasteiger partial charge in [-0.3, -0.25) is 4.79 Å². The molecule has 1 aromatic heterocycles. The molecule has 0 aliphatic carbocycles. The quantitative estimate of drug-likeness (QED) is 0.392. The summed E-state index contributed by atoms with van der Waals surface area (Å²) in [5, 5.41) is 6.93. The highest BCUT2D eigenvalue weighted by Gasteiger charge is 2.25. The second kappa shape index (κ2) is 12.0. The molecule has 1 fully saturated rings. The zero-order valence-electron chi connectivity index (χ0n) is 22.4. The van der Waals surface area contributed by atoms with Crippen LogP contribution in [0.5, 0.6) is 11.5 Å². The number of ether oxygens (including phenoxy) is 3. The van der Waals surface area contributed by atoms with Gasteiger partial charge in [-0.15, -0.1) is 0 Å². The molecular formula is C28H33ClN6O4. The predicted octanol–water partition coefficient (Wildman–Crippen LogP) is 5.16. The Morgan fingerprint density at radius 2 is 1.85 bits per heavy atom. The van der Waals surface area contributed by atoms with Gasteiger partial charge in [0.25, 0.3) is 0 Å². The molecule has 3 heterocycles. The molecule has 0 unspecified atom stereocenters. The standard InChI is InChI=1S/C28H33ClN6O4/c1-4-35-23-11-10-22(26(38-3)19(23)6-5-7-25(35)36)32-28-30-17-20(29)27(33-28)31-21-9-8-18(16-24(21)37-2)34-12-14-39-15-13-34/h8-11,16-17H,4-7,12-15H2,1-3H3,(H2,30,31,32,33). The number of nitrogens with zero attached hydrogens (tertiary/aromatic N) is 4. The van der Waals surface area contributed by atoms with Crippen molar-refractivity contribution in [2.75, 3.05) is 67.5 Å². The third-order valence-electron chi connectivity index (χ3n) is 6.97. The van der Waals surface area contributed by atoms with Crippen LogP contribution >= 0.6 is 11.6 Å². The Morgan fingerprint density at radius 3 is 2.59 bits per heavy atom. The highest BCUT2D eigenvalue weighted by molar-refractivity contribution is 6.33. The van der Waals surface area contributed by atoms with Crippen molar-refractivity contribution < 1.29 is 19.0 Å². The molecule has 0 spiro atoms. The first-order valence-corrected chi connectivity index (χ1v) is 13.5. The summed E-state index contributed by atoms with van der Waals surface area (Å²) in [6.45, 7) is 5.67. The Morgan fingerprint density at radius 1 is 1.05 bits per heavy atom. The molecule has 1 saturated heterocycles. The van der Waals surface area contributed by atoms with Gasteiger partial charge < -0.3 is 34.6 Å². The summed E-state index contributed by atoms with van der Waals surface area (Å²) in [4.78, 5) is 25.6. The molecule has 0 atom stereocenters. The lowest BCUT2D eigenvalue weighted by molar-refractivity contribution is -0.118. The number of aromatic nitrogens is 2. The second-order valence-electron chi connectivity index (χ2n) is 9.26. The van der Waals surface area contributed by atoms with Crippen LogP contribution in [-0.4, -0.2) is 62.9 Å². The van der Waals surface area contributed by atoms with Gasteiger partial charge in [0.2, 0.25) is 11.9 Å². The molecule has 2 aliphatic heterocycles. The van der Waals surface area contributed by atoms with Crippen molar-refractivity contribution in [1.29, 1.82) is 0 Å². The summed E-state index contributed by atoms with van der Waals surface area (Å²) in [6.07, 6.45) is 3.56. The summed E-state index contributed by atoms with van der Waals surface area (Å²) >= 11 is 6.47. The minimum atomic E-state index is 0.129. The SMILES string of the molecule is CCN1C(=O)CCCc2c1ccc(Nc1ncc(Cl)c(Nc3ccc(N4CCOCC4)cc3OC)n1)c2OC. The first-order chi connectivity index (χ1) is 19.0. The van der Waals surface area contributed by atoms with Crippen molar-refractivity contribution in [3.05, 3.63) is 47.1 Å². The Hall–Kier alpha value is -3.76. The van der Waals surface area contributed by atoms with Crippen LogP contribution in [0.15, 0.2) is 36.5 Å². The molecule has 2 aliphatic rings. The predicted molar refractivity (Wildman–Crippen MR) is 154 cm³/mol. The lowest BCUT2D eigenvalue weighted by atomic mass is 10.0. The van der Waals surface area contributed by atoms with Crippen molar-refractivity contribution in [2.24, 2.45) is 0 Å². The van der Waals surface area contributed by atoms with Gasteiger partial charge in [0.15, 0.2) is 5.82 Å². The maximum atomic E-state index is 12.6. The van der Waals surface area contributed by atoms with Gasteiger partial charge in [0, 0.05) is 43.4 Å². The number of benzene rings is 2. The van der Waals surface area contributed by atoms with Gasteiger partial charge in [-0.05, 0) is 44.0 Å². The third-order valence-corrected chi connectivity index (χ3v) is 7.25. The van der Waals surface area contributed by atoms with Gasteiger partial charge in [0.1, 0.15) is 16.5 Å². The highest BCUT2D eigenvalue weighted by Crippen LogP contribution is 2.40. The molecule has 11 heteroatoms. The number of halogens is 1. The smallest absolute Gasteiger partial charge is 0.229 e. The molecule has 5 rings (SSSR count). The zero-order valence-corrected chi connectivity index (χ0v) is 23.2. The number of hydrogen-bond donors (Lipinski definition) is 2. The molecular weight excluding hydrogens is 520 g/mol. The van der Waals surface area contributed by atoms with Crippen LogP contribution in [0.25, 0.3) is 0 Å². The first-order valence-electron chi connectivity index (χ1n) is 13.1. The highest BCUT2D eigenvalue weighted by atomic mass is 35.5. The van der Waals surface area contributed by atoms with Crippen LogP contribution in [0.3, 0.4) is 0 Å². The Bertz CT molecular complexity index is 1350. The third kappa shape index (κ3) is 5.67. The second-order valence-corrected chi connectivity index (χ2v) is 9.67. The van der Waals surface area contributed by atoms with E-state index in [4.69, 9.17) is 25.8 Å². The Balaban J connectivity index is 1.40. The van der Waals surface area contributed by atoms with Gasteiger partial charge in [-0.1, -0.05) is 11.6 Å². The van der Waals surface area contributed by atoms with E-state index in [-0.39, 0.29) is 5.91 Å². The van der Waals surface area contributed by atoms with E-state index in [1.54, 1.807) is 20.4 Å². The Labute approximate surface area is 233 Å². The maximum absolute atomic E-state index is 12.6. The van der Waals surface area contributed by atoms with E-state index < -0.39 is 0 Å². The summed E-state index contributed by atoms with van der Waals surface area (Å²) in [7, 11) is 3.27. The van der Waals surface area contributed by atoms with Crippen molar-refractivity contribution in [3.63, 3.8) is 0 Å². The van der Waals surface area contributed by atoms with Crippen LogP contribution in [0, 0.1) is 0 Å². The topological polar surface area (TPSA) is 101 Å². The molecule has 1 amide bonds. The summed E-state index contributed by atoms with van der Waals surface area (Å²) < 4.78 is 16.9. The lowest BCUT2D eigenvalue weighted by Gasteiger charge is -2.29. The van der Waals surface area contributed by atoms with Crippen LogP contribution < -0.4 is 29.9 Å². The minimum absolute atomic E-state index is 0.129. The Kier molecular flexibility index (Phi) is 8.23. The number of amides is 1. The number of carbonyl (C=O) groups is 1. The van der Waals surface area contributed by atoms with Crippen molar-refractivity contribution in [1.82, 2.24) is 9.97 Å². The fourth-order valence-electron chi connectivity index (χ4n) is 5.04. The average Bonchev–Trinajstić information content (AvgIpc) is 3.13. The number of nitrogens with one attached hydrogen (secondary N) is 2. The summed E-state index contributed by atoms with van der Waals surface area (Å²) in [5.74, 6) is 2.26. The number of fused-ring (bicyclic) bond motifs is 1. The van der Waals surface area contributed by atoms with E-state index in [9.17, 15) is 4.79 Å². The first kappa shape index (κ1) is 26.8. The minimum Gasteiger partial charge on any atom is -0.494 e. The van der Waals surface area contributed by atoms with E-state index in [1.165, 1.54) is 0 Å². The van der Waals surface area contributed by atoms with Crippen LogP contribution in [0.1, 0.15) is 25.3 Å². The molecule has 206 valence electrons. The van der Waals surface area contributed by atoms with Crippen molar-refractivity contribution in [3.8, 4) is 11.5 Å². The molecule has 2 N–H and O–H groups in total. The van der Waals surface area contributed by atoms with Gasteiger partial charge in [-0.25, -0.2) is 4.98 Å². The van der Waals surface area contributed by atoms with Crippen LogP contribution in [0.2, 0.25) is 5.02 Å². The van der Waals surface area contributed by atoms with Gasteiger partial charge in [-0.2, -0.15) is 4.98 Å². The maximum Gasteiger partial charge on any atom is 0.229 e. The number of rotatable bonds is 8. The molecule has 0 saturated carbocycles. The number of anilines is 6. The van der Waals surface area contributed by atoms with E-state index in [2.05, 4.69) is 25.5 Å². The number of hydrogen-bond acceptors (Lipinski definition) is 9. The van der Waals surface area contributed by atoms with E-state index >= 15 is 0 Å². The number of morpholine rings is 1. The average molecular weight is 553 g/mol. The van der Waals surface area contributed by atoms with Crippen molar-refractivity contribution in [2.45, 2.75) is 26.2 Å². The van der Waals surface area contributed by atoms with E-state index in [1.807, 2.05) is 42.2 Å². The lowest BCUT2D eigenvalue weighted by Crippen LogP contribution is -2.36. The molecule has 0 bridgehead atoms. The molecule has 39 heavy (non-hydrogen) atoms. The fraction of sp³-hybridized carbons (Fsp3) is 0.393.